The topological polar surface area (TPSA) is 102 Å². The lowest BCUT2D eigenvalue weighted by atomic mass is 10.2. The van der Waals surface area contributed by atoms with Crippen LogP contribution in [0.1, 0.15) is 17.4 Å². The summed E-state index contributed by atoms with van der Waals surface area (Å²) in [5.74, 6) is 0.586. The highest BCUT2D eigenvalue weighted by Crippen LogP contribution is 2.36. The quantitative estimate of drug-likeness (QED) is 0.446. The molecule has 0 saturated carbocycles. The molecule has 33 heavy (non-hydrogen) atoms. The Balaban J connectivity index is 1.34. The van der Waals surface area contributed by atoms with Crippen LogP contribution in [-0.4, -0.2) is 32.1 Å². The van der Waals surface area contributed by atoms with Crippen molar-refractivity contribution in [2.75, 3.05) is 16.2 Å². The van der Waals surface area contributed by atoms with E-state index in [1.54, 1.807) is 42.5 Å². The van der Waals surface area contributed by atoms with Crippen molar-refractivity contribution < 1.29 is 22.5 Å². The lowest BCUT2D eigenvalue weighted by Crippen LogP contribution is -2.42. The van der Waals surface area contributed by atoms with Crippen molar-refractivity contribution in [2.45, 2.75) is 17.9 Å². The van der Waals surface area contributed by atoms with Gasteiger partial charge in [0.1, 0.15) is 11.9 Å². The van der Waals surface area contributed by atoms with Gasteiger partial charge in [-0.1, -0.05) is 23.4 Å². The Bertz CT molecular complexity index is 1400. The number of para-hydroxylation sites is 2. The van der Waals surface area contributed by atoms with Crippen LogP contribution in [-0.2, 0) is 10.0 Å². The maximum absolute atomic E-state index is 13.3. The summed E-state index contributed by atoms with van der Waals surface area (Å²) >= 11 is 1.48. The molecule has 1 N–H and O–H groups in total. The van der Waals surface area contributed by atoms with Crippen LogP contribution in [0.5, 0.6) is 5.75 Å². The third kappa shape index (κ3) is 4.10. The van der Waals surface area contributed by atoms with Gasteiger partial charge in [0.25, 0.3) is 15.9 Å². The Hall–Kier alpha value is -3.63. The SMILES string of the molecule is CC1CN(S(=O)(=O)c2ccc(NC(=O)c3cc(-c4cccs4)on3)cc2)c2ccccc2O1. The Kier molecular flexibility index (Phi) is 5.39. The first-order valence-electron chi connectivity index (χ1n) is 10.1. The molecule has 2 aromatic carbocycles. The number of benzene rings is 2. The minimum Gasteiger partial charge on any atom is -0.487 e. The molecule has 10 heteroatoms. The number of hydrogen-bond acceptors (Lipinski definition) is 7. The summed E-state index contributed by atoms with van der Waals surface area (Å²) in [5.41, 5.74) is 1.07. The summed E-state index contributed by atoms with van der Waals surface area (Å²) in [6.45, 7) is 2.03. The smallest absolute Gasteiger partial charge is 0.277 e. The minimum absolute atomic E-state index is 0.116. The first-order chi connectivity index (χ1) is 15.9. The number of aromatic nitrogens is 1. The summed E-state index contributed by atoms with van der Waals surface area (Å²) in [6, 6.07) is 18.4. The van der Waals surface area contributed by atoms with E-state index in [1.165, 1.54) is 27.8 Å². The molecular weight excluding hydrogens is 462 g/mol. The second kappa shape index (κ2) is 8.38. The second-order valence-electron chi connectivity index (χ2n) is 7.46. The van der Waals surface area contributed by atoms with Crippen molar-refractivity contribution in [3.63, 3.8) is 0 Å². The van der Waals surface area contributed by atoms with Gasteiger partial charge in [0.15, 0.2) is 11.5 Å². The Morgan fingerprint density at radius 3 is 2.67 bits per heavy atom. The summed E-state index contributed by atoms with van der Waals surface area (Å²) < 4.78 is 39.0. The summed E-state index contributed by atoms with van der Waals surface area (Å²) in [7, 11) is -3.81. The Labute approximate surface area is 194 Å². The number of rotatable bonds is 5. The van der Waals surface area contributed by atoms with Crippen molar-refractivity contribution in [3.8, 4) is 16.4 Å². The summed E-state index contributed by atoms with van der Waals surface area (Å²) in [4.78, 5) is 13.5. The molecule has 0 radical (unpaired) electrons. The van der Waals surface area contributed by atoms with Gasteiger partial charge in [-0.15, -0.1) is 11.3 Å². The zero-order valence-electron chi connectivity index (χ0n) is 17.5. The number of carbonyl (C=O) groups excluding carboxylic acids is 1. The van der Waals surface area contributed by atoms with Gasteiger partial charge in [0.2, 0.25) is 0 Å². The van der Waals surface area contributed by atoms with Gasteiger partial charge in [-0.3, -0.25) is 9.10 Å². The molecule has 1 unspecified atom stereocenters. The van der Waals surface area contributed by atoms with E-state index >= 15 is 0 Å². The van der Waals surface area contributed by atoms with Gasteiger partial charge < -0.3 is 14.6 Å². The molecule has 8 nitrogen and oxygen atoms in total. The predicted octanol–water partition coefficient (Wildman–Crippen LogP) is 4.63. The van der Waals surface area contributed by atoms with Crippen molar-refractivity contribution in [3.05, 3.63) is 77.8 Å². The van der Waals surface area contributed by atoms with E-state index in [1.807, 2.05) is 24.4 Å². The van der Waals surface area contributed by atoms with E-state index in [0.717, 1.165) is 4.88 Å². The molecule has 1 aliphatic rings. The molecule has 2 aromatic heterocycles. The molecule has 1 aliphatic heterocycles. The molecule has 4 aromatic rings. The first-order valence-corrected chi connectivity index (χ1v) is 12.4. The van der Waals surface area contributed by atoms with Crippen molar-refractivity contribution in [1.29, 1.82) is 0 Å². The molecule has 0 aliphatic carbocycles. The normalized spacial score (nSPS) is 15.5. The van der Waals surface area contributed by atoms with Crippen LogP contribution in [0.15, 0.2) is 81.5 Å². The van der Waals surface area contributed by atoms with Crippen LogP contribution in [0.2, 0.25) is 0 Å². The van der Waals surface area contributed by atoms with Crippen LogP contribution >= 0.6 is 11.3 Å². The van der Waals surface area contributed by atoms with Crippen LogP contribution in [0, 0.1) is 0 Å². The van der Waals surface area contributed by atoms with E-state index in [9.17, 15) is 13.2 Å². The number of fused-ring (bicyclic) bond motifs is 1. The summed E-state index contributed by atoms with van der Waals surface area (Å²) in [6.07, 6.45) is -0.283. The third-order valence-corrected chi connectivity index (χ3v) is 7.77. The standard InChI is InChI=1S/C23H19N3O5S2/c1-15-14-26(19-5-2-3-6-20(19)30-15)33(28,29)17-10-8-16(9-11-17)24-23(27)18-13-21(31-25-18)22-7-4-12-32-22/h2-13,15H,14H2,1H3,(H,24,27). The molecule has 5 rings (SSSR count). The maximum atomic E-state index is 13.3. The van der Waals surface area contributed by atoms with E-state index in [2.05, 4.69) is 10.5 Å². The monoisotopic (exact) mass is 481 g/mol. The zero-order valence-corrected chi connectivity index (χ0v) is 19.1. The molecule has 3 heterocycles. The number of nitrogens with one attached hydrogen (secondary N) is 1. The number of ether oxygens (including phenoxy) is 1. The summed E-state index contributed by atoms with van der Waals surface area (Å²) in [5, 5.41) is 8.44. The largest absolute Gasteiger partial charge is 0.487 e. The lowest BCUT2D eigenvalue weighted by molar-refractivity contribution is 0.101. The molecule has 1 atom stereocenters. The van der Waals surface area contributed by atoms with E-state index in [0.29, 0.717) is 22.9 Å². The minimum atomic E-state index is -3.81. The maximum Gasteiger partial charge on any atom is 0.277 e. The lowest BCUT2D eigenvalue weighted by Gasteiger charge is -2.34. The van der Waals surface area contributed by atoms with Crippen molar-refractivity contribution in [1.82, 2.24) is 5.16 Å². The van der Waals surface area contributed by atoms with Crippen LogP contribution in [0.4, 0.5) is 11.4 Å². The fourth-order valence-corrected chi connectivity index (χ4v) is 5.75. The second-order valence-corrected chi connectivity index (χ2v) is 10.3. The fraction of sp³-hybridized carbons (Fsp3) is 0.130. The van der Waals surface area contributed by atoms with E-state index < -0.39 is 15.9 Å². The van der Waals surface area contributed by atoms with Crippen LogP contribution in [0.3, 0.4) is 0 Å². The van der Waals surface area contributed by atoms with Gasteiger partial charge in [0, 0.05) is 11.8 Å². The van der Waals surface area contributed by atoms with Crippen molar-refractivity contribution >= 4 is 38.6 Å². The van der Waals surface area contributed by atoms with Crippen LogP contribution < -0.4 is 14.4 Å². The van der Waals surface area contributed by atoms with E-state index in [-0.39, 0.29) is 23.2 Å². The molecule has 0 fully saturated rings. The molecule has 1 amide bonds. The van der Waals surface area contributed by atoms with Gasteiger partial charge in [-0.25, -0.2) is 8.42 Å². The predicted molar refractivity (Wildman–Crippen MR) is 125 cm³/mol. The highest BCUT2D eigenvalue weighted by molar-refractivity contribution is 7.92. The number of anilines is 2. The average Bonchev–Trinajstić information content (AvgIpc) is 3.51. The fourth-order valence-electron chi connectivity index (χ4n) is 3.53. The Morgan fingerprint density at radius 1 is 1.12 bits per heavy atom. The molecule has 0 spiro atoms. The Morgan fingerprint density at radius 2 is 1.91 bits per heavy atom. The average molecular weight is 482 g/mol. The van der Waals surface area contributed by atoms with Gasteiger partial charge in [-0.2, -0.15) is 0 Å². The van der Waals surface area contributed by atoms with Crippen molar-refractivity contribution in [2.24, 2.45) is 0 Å². The number of carbonyl (C=O) groups is 1. The molecule has 0 bridgehead atoms. The third-order valence-electron chi connectivity index (χ3n) is 5.09. The number of nitrogens with zero attached hydrogens (tertiary/aromatic N) is 2. The van der Waals surface area contributed by atoms with Gasteiger partial charge >= 0.3 is 0 Å². The number of amides is 1. The number of hydrogen-bond donors (Lipinski definition) is 1. The zero-order chi connectivity index (χ0) is 23.0. The van der Waals surface area contributed by atoms with Crippen LogP contribution in [0.25, 0.3) is 10.6 Å². The highest BCUT2D eigenvalue weighted by Gasteiger charge is 2.32. The van der Waals surface area contributed by atoms with E-state index in [4.69, 9.17) is 9.26 Å². The first kappa shape index (κ1) is 21.2. The molecular formula is C23H19N3O5S2. The van der Waals surface area contributed by atoms with Gasteiger partial charge in [-0.05, 0) is 54.8 Å². The number of thiophene rings is 1. The van der Waals surface area contributed by atoms with Gasteiger partial charge in [0.05, 0.1) is 22.0 Å². The highest BCUT2D eigenvalue weighted by atomic mass is 32.2. The molecule has 168 valence electrons. The number of sulfonamides is 1. The molecule has 0 saturated heterocycles.